The van der Waals surface area contributed by atoms with Crippen molar-refractivity contribution in [3.05, 3.63) is 16.9 Å². The molecule has 1 fully saturated rings. The molecule has 0 spiro atoms. The van der Waals surface area contributed by atoms with E-state index in [1.54, 1.807) is 17.3 Å². The SMILES string of the molecule is CC(C)C(=O)Nc1c[nH]c2ncc(Br)c(N(C(=O)OC(C)(C)C)[C@@H]3CCCNC3)c12. The molecule has 0 aliphatic carbocycles. The molecule has 1 aliphatic rings. The number of hydrogen-bond acceptors (Lipinski definition) is 5. The molecule has 8 nitrogen and oxygen atoms in total. The van der Waals surface area contributed by atoms with Gasteiger partial charge in [0.15, 0.2) is 0 Å². The van der Waals surface area contributed by atoms with E-state index in [1.165, 1.54) is 0 Å². The molecular formula is C21H30BrN5O3. The summed E-state index contributed by atoms with van der Waals surface area (Å²) in [6.07, 6.45) is 4.75. The second kappa shape index (κ2) is 8.93. The Hall–Kier alpha value is -2.13. The summed E-state index contributed by atoms with van der Waals surface area (Å²) in [6, 6.07) is -0.0842. The van der Waals surface area contributed by atoms with E-state index in [-0.39, 0.29) is 17.9 Å². The number of fused-ring (bicyclic) bond motifs is 1. The Labute approximate surface area is 185 Å². The van der Waals surface area contributed by atoms with Crippen LogP contribution in [0.4, 0.5) is 16.2 Å². The zero-order valence-electron chi connectivity index (χ0n) is 18.1. The van der Waals surface area contributed by atoms with E-state index in [4.69, 9.17) is 4.74 Å². The van der Waals surface area contributed by atoms with Gasteiger partial charge in [0.05, 0.1) is 27.3 Å². The van der Waals surface area contributed by atoms with Crippen molar-refractivity contribution in [3.8, 4) is 0 Å². The number of nitrogens with zero attached hydrogens (tertiary/aromatic N) is 2. The number of carbonyl (C=O) groups is 2. The highest BCUT2D eigenvalue weighted by Gasteiger charge is 2.34. The zero-order valence-corrected chi connectivity index (χ0v) is 19.7. The summed E-state index contributed by atoms with van der Waals surface area (Å²) < 4.78 is 6.43. The molecule has 3 heterocycles. The largest absolute Gasteiger partial charge is 0.443 e. The van der Waals surface area contributed by atoms with Gasteiger partial charge in [0, 0.05) is 24.9 Å². The molecule has 1 atom stereocenters. The Morgan fingerprint density at radius 2 is 2.10 bits per heavy atom. The molecule has 164 valence electrons. The molecular weight excluding hydrogens is 450 g/mol. The van der Waals surface area contributed by atoms with Crippen LogP contribution in [0, 0.1) is 5.92 Å². The van der Waals surface area contributed by atoms with Crippen LogP contribution in [0.2, 0.25) is 0 Å². The van der Waals surface area contributed by atoms with Crippen molar-refractivity contribution in [1.29, 1.82) is 0 Å². The van der Waals surface area contributed by atoms with Crippen LogP contribution < -0.4 is 15.5 Å². The average molecular weight is 480 g/mol. The molecule has 0 bridgehead atoms. The first-order valence-corrected chi connectivity index (χ1v) is 11.1. The molecule has 2 amide bonds. The van der Waals surface area contributed by atoms with Gasteiger partial charge in [-0.05, 0) is 56.1 Å². The second-order valence-corrected chi connectivity index (χ2v) is 9.73. The number of nitrogens with one attached hydrogen (secondary N) is 3. The summed E-state index contributed by atoms with van der Waals surface area (Å²) in [5, 5.41) is 7.00. The van der Waals surface area contributed by atoms with Gasteiger partial charge in [0.2, 0.25) is 5.91 Å². The third kappa shape index (κ3) is 4.95. The number of halogens is 1. The van der Waals surface area contributed by atoms with Gasteiger partial charge in [0.25, 0.3) is 0 Å². The summed E-state index contributed by atoms with van der Waals surface area (Å²) in [6.45, 7) is 10.8. The Morgan fingerprint density at radius 3 is 2.70 bits per heavy atom. The minimum atomic E-state index is -0.636. The quantitative estimate of drug-likeness (QED) is 0.602. The summed E-state index contributed by atoms with van der Waals surface area (Å²) in [7, 11) is 0. The molecule has 9 heteroatoms. The van der Waals surface area contributed by atoms with Crippen molar-refractivity contribution in [2.45, 2.75) is 59.1 Å². The predicted molar refractivity (Wildman–Crippen MR) is 122 cm³/mol. The summed E-state index contributed by atoms with van der Waals surface area (Å²) in [5.74, 6) is -0.284. The van der Waals surface area contributed by atoms with Crippen LogP contribution in [0.3, 0.4) is 0 Å². The first kappa shape index (κ1) is 22.6. The van der Waals surface area contributed by atoms with E-state index in [0.29, 0.717) is 33.4 Å². The van der Waals surface area contributed by atoms with Gasteiger partial charge >= 0.3 is 6.09 Å². The first-order chi connectivity index (χ1) is 14.1. The van der Waals surface area contributed by atoms with Crippen molar-refractivity contribution in [3.63, 3.8) is 0 Å². The number of H-pyrrole nitrogens is 1. The number of aromatic amines is 1. The fourth-order valence-electron chi connectivity index (χ4n) is 3.45. The Balaban J connectivity index is 2.14. The highest BCUT2D eigenvalue weighted by molar-refractivity contribution is 9.10. The summed E-state index contributed by atoms with van der Waals surface area (Å²) >= 11 is 3.59. The third-order valence-electron chi connectivity index (χ3n) is 4.88. The summed E-state index contributed by atoms with van der Waals surface area (Å²) in [5.41, 5.74) is 1.18. The number of hydrogen-bond donors (Lipinski definition) is 3. The van der Waals surface area contributed by atoms with Crippen LogP contribution in [-0.2, 0) is 9.53 Å². The molecule has 3 rings (SSSR count). The second-order valence-electron chi connectivity index (χ2n) is 8.88. The number of carbonyl (C=O) groups excluding carboxylic acids is 2. The van der Waals surface area contributed by atoms with Gasteiger partial charge in [-0.15, -0.1) is 0 Å². The van der Waals surface area contributed by atoms with Crippen LogP contribution >= 0.6 is 15.9 Å². The molecule has 0 unspecified atom stereocenters. The normalized spacial score (nSPS) is 17.2. The molecule has 30 heavy (non-hydrogen) atoms. The van der Waals surface area contributed by atoms with Gasteiger partial charge in [-0.2, -0.15) is 0 Å². The highest BCUT2D eigenvalue weighted by Crippen LogP contribution is 2.40. The molecule has 0 aromatic carbocycles. The van der Waals surface area contributed by atoms with E-state index < -0.39 is 11.7 Å². The Morgan fingerprint density at radius 1 is 1.37 bits per heavy atom. The number of ether oxygens (including phenoxy) is 1. The Kier molecular flexibility index (Phi) is 6.71. The van der Waals surface area contributed by atoms with Gasteiger partial charge in [-0.1, -0.05) is 13.8 Å². The van der Waals surface area contributed by atoms with Crippen LogP contribution in [0.15, 0.2) is 16.9 Å². The standard InChI is InChI=1S/C21H30BrN5O3/c1-12(2)19(28)26-15-11-25-18-16(15)17(14(22)10-24-18)27(13-7-6-8-23-9-13)20(29)30-21(3,4)5/h10-13,23H,6-9H2,1-5H3,(H,24,25)(H,26,28)/t13-/m1/s1. The maximum Gasteiger partial charge on any atom is 0.415 e. The molecule has 1 saturated heterocycles. The number of amides is 2. The van der Waals surface area contributed by atoms with Crippen LogP contribution in [0.1, 0.15) is 47.5 Å². The fraction of sp³-hybridized carbons (Fsp3) is 0.571. The van der Waals surface area contributed by atoms with E-state index in [9.17, 15) is 9.59 Å². The fourth-order valence-corrected chi connectivity index (χ4v) is 3.95. The van der Waals surface area contributed by atoms with E-state index in [1.807, 2.05) is 34.6 Å². The van der Waals surface area contributed by atoms with Crippen LogP contribution in [0.25, 0.3) is 11.0 Å². The van der Waals surface area contributed by atoms with E-state index in [0.717, 1.165) is 19.4 Å². The van der Waals surface area contributed by atoms with Crippen molar-refractivity contribution < 1.29 is 14.3 Å². The summed E-state index contributed by atoms with van der Waals surface area (Å²) in [4.78, 5) is 35.0. The van der Waals surface area contributed by atoms with Gasteiger partial charge in [0.1, 0.15) is 11.2 Å². The minimum Gasteiger partial charge on any atom is -0.443 e. The lowest BCUT2D eigenvalue weighted by molar-refractivity contribution is -0.118. The number of pyridine rings is 1. The average Bonchev–Trinajstić information content (AvgIpc) is 3.06. The maximum atomic E-state index is 13.4. The zero-order chi connectivity index (χ0) is 22.1. The number of piperidine rings is 1. The first-order valence-electron chi connectivity index (χ1n) is 10.3. The molecule has 3 N–H and O–H groups in total. The minimum absolute atomic E-state index is 0.0842. The molecule has 0 saturated carbocycles. The van der Waals surface area contributed by atoms with Crippen molar-refractivity contribution in [1.82, 2.24) is 15.3 Å². The van der Waals surface area contributed by atoms with Crippen LogP contribution in [-0.4, -0.2) is 46.7 Å². The van der Waals surface area contributed by atoms with Gasteiger partial charge in [-0.3, -0.25) is 9.69 Å². The number of aromatic nitrogens is 2. The van der Waals surface area contributed by atoms with Gasteiger partial charge in [-0.25, -0.2) is 9.78 Å². The predicted octanol–water partition coefficient (Wildman–Crippen LogP) is 4.41. The maximum absolute atomic E-state index is 13.4. The molecule has 2 aromatic rings. The monoisotopic (exact) mass is 479 g/mol. The Bertz CT molecular complexity index is 929. The highest BCUT2D eigenvalue weighted by atomic mass is 79.9. The van der Waals surface area contributed by atoms with Gasteiger partial charge < -0.3 is 20.4 Å². The topological polar surface area (TPSA) is 99.4 Å². The lowest BCUT2D eigenvalue weighted by Gasteiger charge is -2.36. The smallest absolute Gasteiger partial charge is 0.415 e. The van der Waals surface area contributed by atoms with E-state index in [2.05, 4.69) is 36.5 Å². The lowest BCUT2D eigenvalue weighted by atomic mass is 10.0. The molecule has 2 aromatic heterocycles. The molecule has 1 aliphatic heterocycles. The number of rotatable bonds is 4. The van der Waals surface area contributed by atoms with Crippen molar-refractivity contribution >= 4 is 50.3 Å². The van der Waals surface area contributed by atoms with Crippen LogP contribution in [0.5, 0.6) is 0 Å². The lowest BCUT2D eigenvalue weighted by Crippen LogP contribution is -2.50. The van der Waals surface area contributed by atoms with Crippen molar-refractivity contribution in [2.24, 2.45) is 5.92 Å². The number of anilines is 2. The van der Waals surface area contributed by atoms with E-state index >= 15 is 0 Å². The van der Waals surface area contributed by atoms with Crippen molar-refractivity contribution in [2.75, 3.05) is 23.3 Å². The molecule has 0 radical (unpaired) electrons. The third-order valence-corrected chi connectivity index (χ3v) is 5.46.